The number of rotatable bonds is 8. The summed E-state index contributed by atoms with van der Waals surface area (Å²) in [6, 6.07) is 9.60. The molecule has 192 valence electrons. The molecule has 0 fully saturated rings. The minimum Gasteiger partial charge on any atom is -0.502 e. The van der Waals surface area contributed by atoms with Gasteiger partial charge in [-0.25, -0.2) is 4.79 Å². The van der Waals surface area contributed by atoms with Gasteiger partial charge in [0.1, 0.15) is 6.04 Å². The fourth-order valence-electron chi connectivity index (χ4n) is 4.85. The van der Waals surface area contributed by atoms with Crippen molar-refractivity contribution in [1.82, 2.24) is 15.6 Å². The predicted molar refractivity (Wildman–Crippen MR) is 135 cm³/mol. The number of nitrogens with one attached hydrogen (secondary N) is 3. The highest BCUT2D eigenvalue weighted by atomic mass is 16.5. The van der Waals surface area contributed by atoms with Crippen LogP contribution in [0.1, 0.15) is 43.1 Å². The topological polar surface area (TPSA) is 122 Å². The van der Waals surface area contributed by atoms with E-state index >= 15 is 0 Å². The summed E-state index contributed by atoms with van der Waals surface area (Å²) in [4.78, 5) is 29.3. The number of H-pyrrole nitrogens is 1. The molecule has 2 aromatic carbocycles. The van der Waals surface area contributed by atoms with Crippen LogP contribution in [0.5, 0.6) is 17.2 Å². The first-order chi connectivity index (χ1) is 17.3. The standard InChI is InChI=1S/C27H33N3O6/c1-14(2)10-20(27(33)36-5)30-26(32)19-13-17-16-8-6-7-9-18(16)28-24(17)23(29-19)15-11-21(34-3)25(31)22(12-15)35-4/h6-9,11-12,14,19-20,23,28-29,31H,10,13H2,1-5H3,(H,30,32)/t19-,20+,23+/m0/s1. The Hall–Kier alpha value is -3.72. The van der Waals surface area contributed by atoms with E-state index in [1.165, 1.54) is 21.3 Å². The molecule has 1 aromatic heterocycles. The Kier molecular flexibility index (Phi) is 7.40. The Bertz CT molecular complexity index is 1240. The maximum atomic E-state index is 13.5. The van der Waals surface area contributed by atoms with Crippen LogP contribution in [0.4, 0.5) is 0 Å². The number of hydrogen-bond acceptors (Lipinski definition) is 7. The molecule has 0 radical (unpaired) electrons. The lowest BCUT2D eigenvalue weighted by atomic mass is 9.89. The van der Waals surface area contributed by atoms with Crippen LogP contribution >= 0.6 is 0 Å². The fraction of sp³-hybridized carbons (Fsp3) is 0.407. The van der Waals surface area contributed by atoms with Crippen LogP contribution in [0.3, 0.4) is 0 Å². The molecular weight excluding hydrogens is 462 g/mol. The number of aromatic hydroxyl groups is 1. The number of methoxy groups -OCH3 is 3. The number of phenolic OH excluding ortho intramolecular Hbond substituents is 1. The molecule has 36 heavy (non-hydrogen) atoms. The van der Waals surface area contributed by atoms with Crippen molar-refractivity contribution < 1.29 is 28.9 Å². The first kappa shape index (κ1) is 25.4. The Morgan fingerprint density at radius 2 is 1.78 bits per heavy atom. The first-order valence-corrected chi connectivity index (χ1v) is 12.0. The monoisotopic (exact) mass is 495 g/mol. The number of phenols is 1. The van der Waals surface area contributed by atoms with Crippen molar-refractivity contribution in [3.63, 3.8) is 0 Å². The molecule has 0 bridgehead atoms. The van der Waals surface area contributed by atoms with Gasteiger partial charge in [-0.1, -0.05) is 32.0 Å². The number of carbonyl (C=O) groups is 2. The number of benzene rings is 2. The largest absolute Gasteiger partial charge is 0.502 e. The van der Waals surface area contributed by atoms with Gasteiger partial charge in [-0.05, 0) is 48.1 Å². The third-order valence-corrected chi connectivity index (χ3v) is 6.57. The van der Waals surface area contributed by atoms with E-state index in [9.17, 15) is 14.7 Å². The number of hydrogen-bond donors (Lipinski definition) is 4. The van der Waals surface area contributed by atoms with Crippen LogP contribution in [0.15, 0.2) is 36.4 Å². The van der Waals surface area contributed by atoms with E-state index in [0.29, 0.717) is 12.8 Å². The van der Waals surface area contributed by atoms with Crippen molar-refractivity contribution in [2.45, 2.75) is 44.8 Å². The highest BCUT2D eigenvalue weighted by Crippen LogP contribution is 2.42. The summed E-state index contributed by atoms with van der Waals surface area (Å²) < 4.78 is 15.7. The maximum absolute atomic E-state index is 13.5. The van der Waals surface area contributed by atoms with Crippen LogP contribution < -0.4 is 20.1 Å². The van der Waals surface area contributed by atoms with Crippen molar-refractivity contribution in [2.75, 3.05) is 21.3 Å². The molecule has 1 amide bonds. The molecule has 0 saturated carbocycles. The predicted octanol–water partition coefficient (Wildman–Crippen LogP) is 3.20. The average Bonchev–Trinajstić information content (AvgIpc) is 3.25. The zero-order chi connectivity index (χ0) is 26.0. The van der Waals surface area contributed by atoms with Crippen molar-refractivity contribution >= 4 is 22.8 Å². The molecule has 0 aliphatic carbocycles. The molecule has 3 atom stereocenters. The van der Waals surface area contributed by atoms with E-state index in [1.54, 1.807) is 12.1 Å². The number of aromatic nitrogens is 1. The molecule has 9 nitrogen and oxygen atoms in total. The second-order valence-electron chi connectivity index (χ2n) is 9.41. The molecule has 1 aliphatic heterocycles. The lowest BCUT2D eigenvalue weighted by Gasteiger charge is -2.32. The van der Waals surface area contributed by atoms with Gasteiger partial charge in [0.2, 0.25) is 11.7 Å². The Labute approximate surface area is 210 Å². The number of esters is 1. The molecule has 0 unspecified atom stereocenters. The van der Waals surface area contributed by atoms with Gasteiger partial charge < -0.3 is 29.6 Å². The average molecular weight is 496 g/mol. The zero-order valence-corrected chi connectivity index (χ0v) is 21.2. The molecule has 1 aliphatic rings. The highest BCUT2D eigenvalue weighted by Gasteiger charge is 2.36. The molecule has 0 saturated heterocycles. The van der Waals surface area contributed by atoms with Gasteiger partial charge in [0, 0.05) is 16.6 Å². The lowest BCUT2D eigenvalue weighted by molar-refractivity contribution is -0.145. The second-order valence-corrected chi connectivity index (χ2v) is 9.41. The van der Waals surface area contributed by atoms with E-state index in [0.717, 1.165) is 27.7 Å². The summed E-state index contributed by atoms with van der Waals surface area (Å²) in [5, 5.41) is 17.8. The summed E-state index contributed by atoms with van der Waals surface area (Å²) in [6.07, 6.45) is 0.906. The number of amides is 1. The third kappa shape index (κ3) is 4.83. The SMILES string of the molecule is COC(=O)[C@@H](CC(C)C)NC(=O)[C@@H]1Cc2c([nH]c3ccccc23)[C@@H](c2cc(OC)c(O)c(OC)c2)N1. The van der Waals surface area contributed by atoms with Crippen molar-refractivity contribution in [3.8, 4) is 17.2 Å². The molecule has 4 N–H and O–H groups in total. The van der Waals surface area contributed by atoms with E-state index in [1.807, 2.05) is 38.1 Å². The smallest absolute Gasteiger partial charge is 0.328 e. The van der Waals surface area contributed by atoms with Crippen molar-refractivity contribution in [2.24, 2.45) is 5.92 Å². The Balaban J connectivity index is 1.75. The van der Waals surface area contributed by atoms with Crippen LogP contribution in [0.2, 0.25) is 0 Å². The molecule has 4 rings (SSSR count). The van der Waals surface area contributed by atoms with Crippen LogP contribution in [-0.4, -0.2) is 55.4 Å². The van der Waals surface area contributed by atoms with Gasteiger partial charge in [0.05, 0.1) is 33.4 Å². The van der Waals surface area contributed by atoms with Gasteiger partial charge >= 0.3 is 5.97 Å². The Morgan fingerprint density at radius 1 is 1.11 bits per heavy atom. The van der Waals surface area contributed by atoms with Gasteiger partial charge in [-0.3, -0.25) is 10.1 Å². The molecule has 2 heterocycles. The summed E-state index contributed by atoms with van der Waals surface area (Å²) in [5.41, 5.74) is 3.64. The lowest BCUT2D eigenvalue weighted by Crippen LogP contribution is -2.54. The summed E-state index contributed by atoms with van der Waals surface area (Å²) in [6.45, 7) is 3.97. The molecule has 3 aromatic rings. The van der Waals surface area contributed by atoms with Crippen LogP contribution in [0.25, 0.3) is 10.9 Å². The summed E-state index contributed by atoms with van der Waals surface area (Å²) >= 11 is 0. The van der Waals surface area contributed by atoms with Crippen LogP contribution in [-0.2, 0) is 20.7 Å². The van der Waals surface area contributed by atoms with Gasteiger partial charge in [0.25, 0.3) is 0 Å². The van der Waals surface area contributed by atoms with Crippen molar-refractivity contribution in [3.05, 3.63) is 53.2 Å². The number of carbonyl (C=O) groups excluding carboxylic acids is 2. The number of aromatic amines is 1. The van der Waals surface area contributed by atoms with Crippen molar-refractivity contribution in [1.29, 1.82) is 0 Å². The third-order valence-electron chi connectivity index (χ3n) is 6.57. The normalized spacial score (nSPS) is 17.9. The minimum absolute atomic E-state index is 0.0969. The summed E-state index contributed by atoms with van der Waals surface area (Å²) in [7, 11) is 4.26. The summed E-state index contributed by atoms with van der Waals surface area (Å²) in [5.74, 6) is -0.134. The van der Waals surface area contributed by atoms with E-state index in [2.05, 4.69) is 15.6 Å². The first-order valence-electron chi connectivity index (χ1n) is 12.0. The second kappa shape index (κ2) is 10.5. The number of ether oxygens (including phenoxy) is 3. The molecule has 9 heteroatoms. The number of para-hydroxylation sites is 1. The Morgan fingerprint density at radius 3 is 2.39 bits per heavy atom. The van der Waals surface area contributed by atoms with Crippen LogP contribution in [0, 0.1) is 5.92 Å². The molecule has 0 spiro atoms. The van der Waals surface area contributed by atoms with Gasteiger partial charge in [-0.2, -0.15) is 0 Å². The van der Waals surface area contributed by atoms with E-state index in [4.69, 9.17) is 14.2 Å². The van der Waals surface area contributed by atoms with E-state index < -0.39 is 24.1 Å². The minimum atomic E-state index is -0.735. The zero-order valence-electron chi connectivity index (χ0n) is 21.2. The quantitative estimate of drug-likeness (QED) is 0.354. The van der Waals surface area contributed by atoms with E-state index in [-0.39, 0.29) is 29.1 Å². The maximum Gasteiger partial charge on any atom is 0.328 e. The molecular formula is C27H33N3O6. The van der Waals surface area contributed by atoms with Gasteiger partial charge in [-0.15, -0.1) is 0 Å². The highest BCUT2D eigenvalue weighted by molar-refractivity contribution is 5.90. The number of fused-ring (bicyclic) bond motifs is 3. The van der Waals surface area contributed by atoms with Gasteiger partial charge in [0.15, 0.2) is 11.5 Å². The fourth-order valence-corrected chi connectivity index (χ4v) is 4.85.